The van der Waals surface area contributed by atoms with E-state index in [2.05, 4.69) is 16.5 Å². The second-order valence-corrected chi connectivity index (χ2v) is 9.20. The van der Waals surface area contributed by atoms with Crippen LogP contribution in [0, 0.1) is 6.92 Å². The van der Waals surface area contributed by atoms with E-state index in [1.54, 1.807) is 7.05 Å². The molecule has 0 radical (unpaired) electrons. The zero-order chi connectivity index (χ0) is 23.5. The molecule has 0 saturated carbocycles. The van der Waals surface area contributed by atoms with Crippen LogP contribution in [-0.2, 0) is 27.1 Å². The molecule has 1 fully saturated rings. The minimum absolute atomic E-state index is 0.0172. The summed E-state index contributed by atoms with van der Waals surface area (Å²) in [7, 11) is 3.12. The van der Waals surface area contributed by atoms with E-state index in [-0.39, 0.29) is 11.5 Å². The van der Waals surface area contributed by atoms with Crippen LogP contribution in [0.5, 0.6) is 5.88 Å². The zero-order valence-electron chi connectivity index (χ0n) is 19.6. The molecular weight excluding hydrogens is 422 g/mol. The summed E-state index contributed by atoms with van der Waals surface area (Å²) in [5, 5.41) is 0. The van der Waals surface area contributed by atoms with E-state index < -0.39 is 11.3 Å². The van der Waals surface area contributed by atoms with Crippen molar-refractivity contribution in [1.29, 1.82) is 0 Å². The van der Waals surface area contributed by atoms with Gasteiger partial charge in [0.1, 0.15) is 11.4 Å². The highest BCUT2D eigenvalue weighted by Crippen LogP contribution is 2.39. The maximum atomic E-state index is 13.3. The van der Waals surface area contributed by atoms with Gasteiger partial charge < -0.3 is 14.2 Å². The van der Waals surface area contributed by atoms with Gasteiger partial charge in [-0.1, -0.05) is 0 Å². The predicted molar refractivity (Wildman–Crippen MR) is 124 cm³/mol. The van der Waals surface area contributed by atoms with Crippen molar-refractivity contribution >= 4 is 16.9 Å². The summed E-state index contributed by atoms with van der Waals surface area (Å²) in [6.07, 6.45) is 2.56. The number of imidazole rings is 1. The van der Waals surface area contributed by atoms with Crippen LogP contribution in [0.4, 0.5) is 0 Å². The highest BCUT2D eigenvalue weighted by atomic mass is 16.5. The molecule has 174 valence electrons. The fourth-order valence-corrected chi connectivity index (χ4v) is 5.35. The number of amides is 1. The van der Waals surface area contributed by atoms with Gasteiger partial charge in [0, 0.05) is 52.1 Å². The molecule has 5 rings (SSSR count). The average Bonchev–Trinajstić information content (AvgIpc) is 3.26. The molecule has 33 heavy (non-hydrogen) atoms. The van der Waals surface area contributed by atoms with Crippen LogP contribution in [0.3, 0.4) is 0 Å². The monoisotopic (exact) mass is 451 g/mol. The Hall–Kier alpha value is -3.36. The van der Waals surface area contributed by atoms with Gasteiger partial charge in [0.15, 0.2) is 0 Å². The first-order valence-electron chi connectivity index (χ1n) is 11.5. The third-order valence-corrected chi connectivity index (χ3v) is 7.20. The minimum Gasteiger partial charge on any atom is -0.471 e. The molecule has 2 aliphatic heterocycles. The van der Waals surface area contributed by atoms with Crippen LogP contribution < -0.4 is 16.0 Å². The Balaban J connectivity index is 1.38. The van der Waals surface area contributed by atoms with E-state index in [9.17, 15) is 14.4 Å². The molecule has 0 unspecified atom stereocenters. The minimum atomic E-state index is -0.559. The van der Waals surface area contributed by atoms with Crippen LogP contribution in [0.2, 0.25) is 0 Å². The maximum Gasteiger partial charge on any atom is 0.333 e. The first-order valence-corrected chi connectivity index (χ1v) is 11.5. The molecule has 2 aliphatic rings. The SMILES string of the molecule is CCn1c(C)nc2cc(C(=O)N3CCC[C@@]4(CC3)Cc3c(n(C)c(=O)n(C)c3=O)O4)ccc21. The highest BCUT2D eigenvalue weighted by Gasteiger charge is 2.44. The van der Waals surface area contributed by atoms with Crippen LogP contribution in [-0.4, -0.2) is 48.2 Å². The van der Waals surface area contributed by atoms with Gasteiger partial charge in [-0.05, 0) is 44.9 Å². The fraction of sp³-hybridized carbons (Fsp3) is 0.500. The fourth-order valence-electron chi connectivity index (χ4n) is 5.35. The lowest BCUT2D eigenvalue weighted by molar-refractivity contribution is 0.0636. The molecule has 9 nitrogen and oxygen atoms in total. The average molecular weight is 452 g/mol. The van der Waals surface area contributed by atoms with Gasteiger partial charge in [0.05, 0.1) is 16.6 Å². The van der Waals surface area contributed by atoms with E-state index in [4.69, 9.17) is 4.74 Å². The van der Waals surface area contributed by atoms with E-state index in [1.807, 2.05) is 30.0 Å². The third kappa shape index (κ3) is 3.29. The number of hydrogen-bond donors (Lipinski definition) is 0. The van der Waals surface area contributed by atoms with Crippen LogP contribution in [0.25, 0.3) is 11.0 Å². The quantitative estimate of drug-likeness (QED) is 0.592. The summed E-state index contributed by atoms with van der Waals surface area (Å²) in [6, 6.07) is 5.72. The highest BCUT2D eigenvalue weighted by molar-refractivity contribution is 5.97. The molecule has 1 aromatic carbocycles. The van der Waals surface area contributed by atoms with E-state index in [0.29, 0.717) is 42.9 Å². The summed E-state index contributed by atoms with van der Waals surface area (Å²) in [5.74, 6) is 1.29. The molecule has 1 amide bonds. The van der Waals surface area contributed by atoms with Crippen LogP contribution >= 0.6 is 0 Å². The van der Waals surface area contributed by atoms with Gasteiger partial charge in [0.2, 0.25) is 5.88 Å². The molecule has 0 N–H and O–H groups in total. The summed E-state index contributed by atoms with van der Waals surface area (Å²) in [4.78, 5) is 44.8. The Morgan fingerprint density at radius 3 is 2.70 bits per heavy atom. The predicted octanol–water partition coefficient (Wildman–Crippen LogP) is 1.76. The number of ether oxygens (including phenoxy) is 1. The number of benzene rings is 1. The van der Waals surface area contributed by atoms with Crippen molar-refractivity contribution in [2.45, 2.75) is 51.7 Å². The normalized spacial score (nSPS) is 20.2. The van der Waals surface area contributed by atoms with Crippen LogP contribution in [0.15, 0.2) is 27.8 Å². The molecule has 4 heterocycles. The Morgan fingerprint density at radius 2 is 1.94 bits per heavy atom. The van der Waals surface area contributed by atoms with Crippen molar-refractivity contribution in [2.75, 3.05) is 13.1 Å². The summed E-state index contributed by atoms with van der Waals surface area (Å²) in [6.45, 7) is 6.04. The number of rotatable bonds is 2. The molecule has 0 aliphatic carbocycles. The molecule has 1 spiro atoms. The first kappa shape index (κ1) is 21.5. The summed E-state index contributed by atoms with van der Waals surface area (Å²) >= 11 is 0. The molecule has 1 saturated heterocycles. The second-order valence-electron chi connectivity index (χ2n) is 9.20. The number of aryl methyl sites for hydroxylation is 2. The summed E-state index contributed by atoms with van der Waals surface area (Å²) < 4.78 is 11.0. The molecule has 9 heteroatoms. The molecule has 2 aromatic heterocycles. The van der Waals surface area contributed by atoms with E-state index >= 15 is 0 Å². The number of carbonyl (C=O) groups is 1. The number of likely N-dealkylation sites (tertiary alicyclic amines) is 1. The number of nitrogens with zero attached hydrogens (tertiary/aromatic N) is 5. The standard InChI is InChI=1S/C24H29N5O4/c1-5-29-15(2)25-18-13-16(7-8-19(18)29)20(30)28-11-6-9-24(10-12-28)14-17-21(31)26(3)23(32)27(4)22(17)33-24/h7-8,13H,5-6,9-12,14H2,1-4H3/t24-/m1/s1. The Kier molecular flexibility index (Phi) is 4.95. The first-order chi connectivity index (χ1) is 15.7. The number of hydrogen-bond acceptors (Lipinski definition) is 5. The largest absolute Gasteiger partial charge is 0.471 e. The number of aromatic nitrogens is 4. The van der Waals surface area contributed by atoms with E-state index in [1.165, 1.54) is 11.6 Å². The molecule has 0 bridgehead atoms. The van der Waals surface area contributed by atoms with Gasteiger partial charge in [-0.2, -0.15) is 0 Å². The van der Waals surface area contributed by atoms with Crippen molar-refractivity contribution < 1.29 is 9.53 Å². The van der Waals surface area contributed by atoms with Gasteiger partial charge >= 0.3 is 5.69 Å². The lowest BCUT2D eigenvalue weighted by Crippen LogP contribution is -2.38. The molecule has 3 aromatic rings. The van der Waals surface area contributed by atoms with Gasteiger partial charge in [-0.15, -0.1) is 0 Å². The van der Waals surface area contributed by atoms with Crippen molar-refractivity contribution in [3.63, 3.8) is 0 Å². The second kappa shape index (κ2) is 7.60. The van der Waals surface area contributed by atoms with Gasteiger partial charge in [0.25, 0.3) is 11.5 Å². The zero-order valence-corrected chi connectivity index (χ0v) is 19.6. The smallest absolute Gasteiger partial charge is 0.333 e. The van der Waals surface area contributed by atoms with Crippen LogP contribution in [0.1, 0.15) is 47.9 Å². The number of carbonyl (C=O) groups excluding carboxylic acids is 1. The van der Waals surface area contributed by atoms with Crippen molar-refractivity contribution in [1.82, 2.24) is 23.6 Å². The van der Waals surface area contributed by atoms with E-state index in [0.717, 1.165) is 40.8 Å². The van der Waals surface area contributed by atoms with Crippen molar-refractivity contribution in [3.8, 4) is 5.88 Å². The lowest BCUT2D eigenvalue weighted by Gasteiger charge is -2.27. The lowest BCUT2D eigenvalue weighted by atomic mass is 9.90. The van der Waals surface area contributed by atoms with Crippen molar-refractivity contribution in [3.05, 3.63) is 56.0 Å². The van der Waals surface area contributed by atoms with Crippen molar-refractivity contribution in [2.24, 2.45) is 14.1 Å². The Morgan fingerprint density at radius 1 is 1.15 bits per heavy atom. The topological polar surface area (TPSA) is 91.4 Å². The number of fused-ring (bicyclic) bond motifs is 2. The molecular formula is C24H29N5O4. The summed E-state index contributed by atoms with van der Waals surface area (Å²) in [5.41, 5.74) is 1.80. The van der Waals surface area contributed by atoms with Gasteiger partial charge in [-0.25, -0.2) is 9.78 Å². The molecule has 1 atom stereocenters. The third-order valence-electron chi connectivity index (χ3n) is 7.20. The van der Waals surface area contributed by atoms with Gasteiger partial charge in [-0.3, -0.25) is 18.7 Å². The maximum absolute atomic E-state index is 13.3. The Bertz CT molecular complexity index is 1400. The Labute approximate surface area is 191 Å².